The smallest absolute Gasteiger partial charge is 0.0425 e. The Morgan fingerprint density at radius 3 is 1.62 bits per heavy atom. The minimum absolute atomic E-state index is 0.0976. The van der Waals surface area contributed by atoms with Gasteiger partial charge in [0.2, 0.25) is 0 Å². The maximum absolute atomic E-state index is 3.61. The van der Waals surface area contributed by atoms with Gasteiger partial charge in [-0.05, 0) is 53.6 Å². The van der Waals surface area contributed by atoms with E-state index >= 15 is 0 Å². The molecular weight excluding hydrogens is 352 g/mol. The Kier molecular flexibility index (Phi) is 5.35. The summed E-state index contributed by atoms with van der Waals surface area (Å²) in [4.78, 5) is 0. The number of hydrogen-bond donors (Lipinski definition) is 2. The number of nitrogens with one attached hydrogen (secondary N) is 2. The van der Waals surface area contributed by atoms with E-state index in [0.717, 1.165) is 22.7 Å². The first kappa shape index (κ1) is 18.8. The lowest BCUT2D eigenvalue weighted by molar-refractivity contribution is 0.643. The molecule has 0 saturated carbocycles. The third-order valence-electron chi connectivity index (χ3n) is 5.32. The van der Waals surface area contributed by atoms with E-state index < -0.39 is 0 Å². The second kappa shape index (κ2) is 8.24. The van der Waals surface area contributed by atoms with Crippen molar-refractivity contribution in [1.82, 2.24) is 0 Å². The van der Waals surface area contributed by atoms with Gasteiger partial charge in [-0.25, -0.2) is 0 Å². The second-order valence-electron chi connectivity index (χ2n) is 7.73. The van der Waals surface area contributed by atoms with Crippen LogP contribution in [-0.2, 0) is 5.41 Å². The highest BCUT2D eigenvalue weighted by atomic mass is 14.9. The quantitative estimate of drug-likeness (QED) is 0.363. The molecule has 0 bridgehead atoms. The predicted octanol–water partition coefficient (Wildman–Crippen LogP) is 7.50. The fourth-order valence-corrected chi connectivity index (χ4v) is 3.63. The van der Waals surface area contributed by atoms with Crippen molar-refractivity contribution in [1.29, 1.82) is 0 Å². The fraction of sp³-hybridized carbons (Fsp3) is 0.111. The number of rotatable bonds is 6. The van der Waals surface area contributed by atoms with Crippen LogP contribution in [-0.4, -0.2) is 0 Å². The largest absolute Gasteiger partial charge is 0.356 e. The van der Waals surface area contributed by atoms with Gasteiger partial charge >= 0.3 is 0 Å². The first-order valence-corrected chi connectivity index (χ1v) is 9.97. The van der Waals surface area contributed by atoms with E-state index in [4.69, 9.17) is 0 Å². The number of hydrogen-bond acceptors (Lipinski definition) is 2. The normalized spacial score (nSPS) is 11.1. The summed E-state index contributed by atoms with van der Waals surface area (Å²) in [5.41, 5.74) is 6.84. The van der Waals surface area contributed by atoms with Gasteiger partial charge in [0.25, 0.3) is 0 Å². The zero-order valence-electron chi connectivity index (χ0n) is 16.9. The predicted molar refractivity (Wildman–Crippen MR) is 124 cm³/mol. The van der Waals surface area contributed by atoms with Gasteiger partial charge in [-0.1, -0.05) is 80.6 Å². The van der Waals surface area contributed by atoms with E-state index in [1.54, 1.807) is 0 Å². The van der Waals surface area contributed by atoms with E-state index in [1.807, 2.05) is 18.2 Å². The van der Waals surface area contributed by atoms with Gasteiger partial charge in [0.1, 0.15) is 0 Å². The Labute approximate surface area is 173 Å². The number of anilines is 4. The second-order valence-corrected chi connectivity index (χ2v) is 7.73. The van der Waals surface area contributed by atoms with Crippen LogP contribution >= 0.6 is 0 Å². The van der Waals surface area contributed by atoms with Gasteiger partial charge in [0.05, 0.1) is 0 Å². The SMILES string of the molecule is CC(C)(c1ccccc1)c1ccccc1Nc1ccc(Nc2ccccc2)cc1. The van der Waals surface area contributed by atoms with E-state index in [-0.39, 0.29) is 5.41 Å². The van der Waals surface area contributed by atoms with Crippen LogP contribution in [0.25, 0.3) is 0 Å². The summed E-state index contributed by atoms with van der Waals surface area (Å²) in [5.74, 6) is 0. The lowest BCUT2D eigenvalue weighted by atomic mass is 9.77. The molecule has 0 aliphatic rings. The van der Waals surface area contributed by atoms with Crippen molar-refractivity contribution in [2.24, 2.45) is 0 Å². The molecule has 0 aliphatic heterocycles. The molecule has 0 spiro atoms. The topological polar surface area (TPSA) is 24.1 Å². The molecule has 4 aromatic carbocycles. The first-order valence-electron chi connectivity index (χ1n) is 9.97. The van der Waals surface area contributed by atoms with Crippen molar-refractivity contribution in [3.8, 4) is 0 Å². The van der Waals surface area contributed by atoms with Gasteiger partial charge < -0.3 is 10.6 Å². The zero-order valence-corrected chi connectivity index (χ0v) is 16.9. The molecule has 4 rings (SSSR count). The molecule has 0 atom stereocenters. The molecule has 0 aliphatic carbocycles. The number of para-hydroxylation sites is 2. The lowest BCUT2D eigenvalue weighted by Crippen LogP contribution is -2.20. The Morgan fingerprint density at radius 1 is 0.483 bits per heavy atom. The van der Waals surface area contributed by atoms with Crippen molar-refractivity contribution < 1.29 is 0 Å². The van der Waals surface area contributed by atoms with Crippen molar-refractivity contribution >= 4 is 22.7 Å². The van der Waals surface area contributed by atoms with E-state index in [2.05, 4.69) is 115 Å². The summed E-state index contributed by atoms with van der Waals surface area (Å²) in [6.07, 6.45) is 0. The minimum Gasteiger partial charge on any atom is -0.356 e. The zero-order chi connectivity index (χ0) is 20.1. The highest BCUT2D eigenvalue weighted by molar-refractivity contribution is 5.69. The standard InChI is InChI=1S/C27H26N2/c1-27(2,21-11-5-3-6-12-21)25-15-9-10-16-26(25)29-24-19-17-23(18-20-24)28-22-13-7-4-8-14-22/h3-20,28-29H,1-2H3. The van der Waals surface area contributed by atoms with Gasteiger partial charge in [0, 0.05) is 28.2 Å². The minimum atomic E-state index is -0.0976. The molecule has 29 heavy (non-hydrogen) atoms. The summed E-state index contributed by atoms with van der Waals surface area (Å²) in [5, 5.41) is 7.04. The van der Waals surface area contributed by atoms with Crippen LogP contribution in [0.15, 0.2) is 109 Å². The van der Waals surface area contributed by atoms with Crippen LogP contribution in [0.2, 0.25) is 0 Å². The summed E-state index contributed by atoms with van der Waals surface area (Å²) in [6, 6.07) is 37.8. The highest BCUT2D eigenvalue weighted by Crippen LogP contribution is 2.37. The lowest BCUT2D eigenvalue weighted by Gasteiger charge is -2.29. The maximum atomic E-state index is 3.61. The summed E-state index contributed by atoms with van der Waals surface area (Å²) < 4.78 is 0. The highest BCUT2D eigenvalue weighted by Gasteiger charge is 2.25. The average molecular weight is 379 g/mol. The van der Waals surface area contributed by atoms with E-state index in [1.165, 1.54) is 11.1 Å². The molecule has 0 aromatic heterocycles. The molecule has 0 radical (unpaired) electrons. The van der Waals surface area contributed by atoms with Crippen molar-refractivity contribution in [2.45, 2.75) is 19.3 Å². The Bertz CT molecular complexity index is 1050. The fourth-order valence-electron chi connectivity index (χ4n) is 3.63. The Hall–Kier alpha value is -3.52. The van der Waals surface area contributed by atoms with Gasteiger partial charge in [-0.2, -0.15) is 0 Å². The summed E-state index contributed by atoms with van der Waals surface area (Å²) in [7, 11) is 0. The molecular formula is C27H26N2. The molecule has 0 unspecified atom stereocenters. The van der Waals surface area contributed by atoms with Gasteiger partial charge in [0.15, 0.2) is 0 Å². The van der Waals surface area contributed by atoms with Crippen LogP contribution < -0.4 is 10.6 Å². The van der Waals surface area contributed by atoms with Crippen molar-refractivity contribution in [3.63, 3.8) is 0 Å². The van der Waals surface area contributed by atoms with Crippen LogP contribution in [0, 0.1) is 0 Å². The molecule has 2 N–H and O–H groups in total. The molecule has 0 heterocycles. The van der Waals surface area contributed by atoms with Gasteiger partial charge in [-0.3, -0.25) is 0 Å². The maximum Gasteiger partial charge on any atom is 0.0425 e. The monoisotopic (exact) mass is 378 g/mol. The molecule has 2 nitrogen and oxygen atoms in total. The Balaban J connectivity index is 1.56. The first-order chi connectivity index (χ1) is 14.1. The summed E-state index contributed by atoms with van der Waals surface area (Å²) in [6.45, 7) is 4.55. The van der Waals surface area contributed by atoms with Crippen molar-refractivity contribution in [2.75, 3.05) is 10.6 Å². The van der Waals surface area contributed by atoms with Crippen LogP contribution in [0.3, 0.4) is 0 Å². The van der Waals surface area contributed by atoms with E-state index in [9.17, 15) is 0 Å². The van der Waals surface area contributed by atoms with Crippen LogP contribution in [0.4, 0.5) is 22.7 Å². The van der Waals surface area contributed by atoms with Crippen LogP contribution in [0.5, 0.6) is 0 Å². The third-order valence-corrected chi connectivity index (χ3v) is 5.32. The molecule has 4 aromatic rings. The average Bonchev–Trinajstić information content (AvgIpc) is 2.77. The number of benzene rings is 4. The third kappa shape index (κ3) is 4.33. The van der Waals surface area contributed by atoms with Gasteiger partial charge in [-0.15, -0.1) is 0 Å². The van der Waals surface area contributed by atoms with E-state index in [0.29, 0.717) is 0 Å². The molecule has 144 valence electrons. The molecule has 0 saturated heterocycles. The molecule has 0 amide bonds. The molecule has 2 heteroatoms. The van der Waals surface area contributed by atoms with Crippen LogP contribution in [0.1, 0.15) is 25.0 Å². The Morgan fingerprint density at radius 2 is 0.966 bits per heavy atom. The molecule has 0 fully saturated rings. The van der Waals surface area contributed by atoms with Crippen molar-refractivity contribution in [3.05, 3.63) is 120 Å². The summed E-state index contributed by atoms with van der Waals surface area (Å²) >= 11 is 0.